The molecule has 9 heteroatoms. The zero-order valence-corrected chi connectivity index (χ0v) is 22.3. The van der Waals surface area contributed by atoms with E-state index >= 15 is 0 Å². The van der Waals surface area contributed by atoms with Gasteiger partial charge in [-0.15, -0.1) is 35.3 Å². The smallest absolute Gasteiger partial charge is 0.222 e. The number of hydrogen-bond acceptors (Lipinski definition) is 5. The van der Waals surface area contributed by atoms with Crippen molar-refractivity contribution < 1.29 is 14.3 Å². The van der Waals surface area contributed by atoms with Crippen LogP contribution in [0.2, 0.25) is 0 Å². The van der Waals surface area contributed by atoms with Crippen molar-refractivity contribution in [3.05, 3.63) is 45.1 Å². The van der Waals surface area contributed by atoms with E-state index in [1.54, 1.807) is 32.6 Å². The Morgan fingerprint density at radius 2 is 1.91 bits per heavy atom. The molecule has 0 aliphatic carbocycles. The summed E-state index contributed by atoms with van der Waals surface area (Å²) >= 11 is 1.74. The first-order valence-corrected chi connectivity index (χ1v) is 11.4. The van der Waals surface area contributed by atoms with Gasteiger partial charge in [0.15, 0.2) is 17.5 Å². The summed E-state index contributed by atoms with van der Waals surface area (Å²) < 4.78 is 10.8. The Hall–Kier alpha value is -2.01. The molecule has 3 rings (SSSR count). The summed E-state index contributed by atoms with van der Waals surface area (Å²) in [6, 6.07) is 6.13. The molecule has 2 N–H and O–H groups in total. The predicted molar refractivity (Wildman–Crippen MR) is 141 cm³/mol. The van der Waals surface area contributed by atoms with Crippen LogP contribution < -0.4 is 20.1 Å². The average molecular weight is 573 g/mol. The van der Waals surface area contributed by atoms with Gasteiger partial charge in [0, 0.05) is 38.0 Å². The lowest BCUT2D eigenvalue weighted by Crippen LogP contribution is -2.38. The topological polar surface area (TPSA) is 75.2 Å². The summed E-state index contributed by atoms with van der Waals surface area (Å²) in [5, 5.41) is 8.72. The number of carbonyl (C=O) groups excluding carboxylic acids is 1. The maximum atomic E-state index is 12.7. The van der Waals surface area contributed by atoms with Crippen LogP contribution in [0.15, 0.2) is 28.6 Å². The number of amides is 1. The van der Waals surface area contributed by atoms with E-state index < -0.39 is 0 Å². The SMILES string of the molecule is CN=C(NCCCC(=O)N1CCc2cc(OC)c(OC)cc2C1)NCc1sccc1C.I. The number of aryl methyl sites for hydroxylation is 1. The Labute approximate surface area is 211 Å². The van der Waals surface area contributed by atoms with E-state index in [-0.39, 0.29) is 29.9 Å². The lowest BCUT2D eigenvalue weighted by atomic mass is 9.98. The number of thiophene rings is 1. The largest absolute Gasteiger partial charge is 0.493 e. The number of fused-ring (bicyclic) bond motifs is 1. The highest BCUT2D eigenvalue weighted by Crippen LogP contribution is 2.33. The number of benzene rings is 1. The Morgan fingerprint density at radius 1 is 1.19 bits per heavy atom. The molecule has 1 aliphatic heterocycles. The second-order valence-electron chi connectivity index (χ2n) is 7.52. The van der Waals surface area contributed by atoms with Crippen LogP contribution in [0.5, 0.6) is 11.5 Å². The fourth-order valence-corrected chi connectivity index (χ4v) is 4.52. The quantitative estimate of drug-likeness (QED) is 0.218. The van der Waals surface area contributed by atoms with E-state index in [0.717, 1.165) is 43.2 Å². The number of ether oxygens (including phenoxy) is 2. The summed E-state index contributed by atoms with van der Waals surface area (Å²) in [5.74, 6) is 2.38. The highest BCUT2D eigenvalue weighted by molar-refractivity contribution is 14.0. The van der Waals surface area contributed by atoms with Gasteiger partial charge in [0.1, 0.15) is 0 Å². The van der Waals surface area contributed by atoms with E-state index in [1.165, 1.54) is 16.0 Å². The summed E-state index contributed by atoms with van der Waals surface area (Å²) in [6.45, 7) is 4.91. The predicted octanol–water partition coefficient (Wildman–Crippen LogP) is 3.72. The fraction of sp³-hybridized carbons (Fsp3) is 0.478. The van der Waals surface area contributed by atoms with Crippen molar-refractivity contribution in [3.63, 3.8) is 0 Å². The molecule has 0 unspecified atom stereocenters. The van der Waals surface area contributed by atoms with Gasteiger partial charge in [-0.05, 0) is 60.0 Å². The van der Waals surface area contributed by atoms with Crippen molar-refractivity contribution in [1.82, 2.24) is 15.5 Å². The molecule has 32 heavy (non-hydrogen) atoms. The molecule has 0 spiro atoms. The zero-order valence-electron chi connectivity index (χ0n) is 19.2. The Balaban J connectivity index is 0.00000363. The summed E-state index contributed by atoms with van der Waals surface area (Å²) in [4.78, 5) is 20.2. The Bertz CT molecular complexity index is 932. The molecule has 1 aromatic heterocycles. The molecule has 1 aromatic carbocycles. The number of aliphatic imine (C=N–C) groups is 1. The molecular formula is C23H33IN4O3S. The number of rotatable bonds is 8. The van der Waals surface area contributed by atoms with Crippen molar-refractivity contribution in [2.75, 3.05) is 34.4 Å². The third kappa shape index (κ3) is 6.74. The van der Waals surface area contributed by atoms with E-state index in [0.29, 0.717) is 25.3 Å². The first kappa shape index (κ1) is 26.2. The number of guanidine groups is 1. The van der Waals surface area contributed by atoms with Gasteiger partial charge in [0.05, 0.1) is 20.8 Å². The standard InChI is InChI=1S/C23H32N4O3S.HI/c1-16-8-11-31-21(16)14-26-23(24-2)25-9-5-6-22(28)27-10-7-17-12-19(29-3)20(30-4)13-18(17)15-27;/h8,11-13H,5-7,9-10,14-15H2,1-4H3,(H2,24,25,26);1H. The molecule has 0 fully saturated rings. The molecule has 0 radical (unpaired) electrons. The number of hydrogen-bond donors (Lipinski definition) is 2. The fourth-order valence-electron chi connectivity index (χ4n) is 3.67. The second kappa shape index (κ2) is 12.9. The van der Waals surface area contributed by atoms with E-state index in [1.807, 2.05) is 17.0 Å². The van der Waals surface area contributed by atoms with Gasteiger partial charge in [0.25, 0.3) is 0 Å². The maximum Gasteiger partial charge on any atom is 0.222 e. The van der Waals surface area contributed by atoms with Crippen molar-refractivity contribution in [2.45, 2.75) is 39.3 Å². The Morgan fingerprint density at radius 3 is 2.53 bits per heavy atom. The molecule has 2 aromatic rings. The number of halogens is 1. The summed E-state index contributed by atoms with van der Waals surface area (Å²) in [6.07, 6.45) is 2.10. The van der Waals surface area contributed by atoms with Gasteiger partial charge < -0.3 is 25.0 Å². The third-order valence-electron chi connectivity index (χ3n) is 5.54. The molecular weight excluding hydrogens is 539 g/mol. The van der Waals surface area contributed by atoms with Gasteiger partial charge in [-0.3, -0.25) is 9.79 Å². The minimum absolute atomic E-state index is 0. The van der Waals surface area contributed by atoms with Crippen LogP contribution >= 0.6 is 35.3 Å². The van der Waals surface area contributed by atoms with Crippen LogP contribution in [0.4, 0.5) is 0 Å². The average Bonchev–Trinajstić information content (AvgIpc) is 3.21. The lowest BCUT2D eigenvalue weighted by molar-refractivity contribution is -0.132. The monoisotopic (exact) mass is 572 g/mol. The minimum atomic E-state index is 0. The van der Waals surface area contributed by atoms with Crippen LogP contribution in [-0.4, -0.2) is 51.1 Å². The number of methoxy groups -OCH3 is 2. The van der Waals surface area contributed by atoms with E-state index in [4.69, 9.17) is 9.47 Å². The van der Waals surface area contributed by atoms with Gasteiger partial charge in [-0.2, -0.15) is 0 Å². The van der Waals surface area contributed by atoms with Crippen molar-refractivity contribution in [2.24, 2.45) is 4.99 Å². The van der Waals surface area contributed by atoms with E-state index in [9.17, 15) is 4.79 Å². The van der Waals surface area contributed by atoms with Gasteiger partial charge in [0.2, 0.25) is 5.91 Å². The molecule has 0 saturated carbocycles. The molecule has 1 amide bonds. The lowest BCUT2D eigenvalue weighted by Gasteiger charge is -2.29. The Kier molecular flexibility index (Phi) is 10.6. The normalized spacial score (nSPS) is 13.1. The number of nitrogens with zero attached hydrogens (tertiary/aromatic N) is 2. The van der Waals surface area contributed by atoms with Crippen LogP contribution in [0.1, 0.15) is 34.4 Å². The summed E-state index contributed by atoms with van der Waals surface area (Å²) in [5.41, 5.74) is 3.64. The summed E-state index contributed by atoms with van der Waals surface area (Å²) in [7, 11) is 5.04. The first-order valence-electron chi connectivity index (χ1n) is 10.5. The second-order valence-corrected chi connectivity index (χ2v) is 8.52. The van der Waals surface area contributed by atoms with Crippen LogP contribution in [0.3, 0.4) is 0 Å². The van der Waals surface area contributed by atoms with Crippen molar-refractivity contribution in [3.8, 4) is 11.5 Å². The van der Waals surface area contributed by atoms with Crippen LogP contribution in [0, 0.1) is 6.92 Å². The third-order valence-corrected chi connectivity index (χ3v) is 6.56. The number of nitrogens with one attached hydrogen (secondary N) is 2. The molecule has 1 aliphatic rings. The maximum absolute atomic E-state index is 12.7. The van der Waals surface area contributed by atoms with E-state index in [2.05, 4.69) is 34.0 Å². The highest BCUT2D eigenvalue weighted by Gasteiger charge is 2.22. The van der Waals surface area contributed by atoms with Crippen molar-refractivity contribution >= 4 is 47.2 Å². The molecule has 0 saturated heterocycles. The van der Waals surface area contributed by atoms with Gasteiger partial charge in [-0.25, -0.2) is 0 Å². The molecule has 0 atom stereocenters. The molecule has 2 heterocycles. The van der Waals surface area contributed by atoms with Crippen LogP contribution in [-0.2, 0) is 24.3 Å². The van der Waals surface area contributed by atoms with Crippen LogP contribution in [0.25, 0.3) is 0 Å². The molecule has 0 bridgehead atoms. The van der Waals surface area contributed by atoms with Crippen molar-refractivity contribution in [1.29, 1.82) is 0 Å². The first-order chi connectivity index (χ1) is 15.0. The zero-order chi connectivity index (χ0) is 22.2. The van der Waals surface area contributed by atoms with Gasteiger partial charge in [-0.1, -0.05) is 0 Å². The highest BCUT2D eigenvalue weighted by atomic mass is 127. The minimum Gasteiger partial charge on any atom is -0.493 e. The number of carbonyl (C=O) groups is 1. The van der Waals surface area contributed by atoms with Gasteiger partial charge >= 0.3 is 0 Å². The molecule has 176 valence electrons. The molecule has 7 nitrogen and oxygen atoms in total.